The van der Waals surface area contributed by atoms with E-state index < -0.39 is 0 Å². The molecule has 1 heterocycles. The maximum absolute atomic E-state index is 12.1. The van der Waals surface area contributed by atoms with Crippen molar-refractivity contribution in [3.05, 3.63) is 54.1 Å². The topological polar surface area (TPSA) is 47.6 Å². The van der Waals surface area contributed by atoms with E-state index in [1.165, 1.54) is 5.69 Å². The maximum atomic E-state index is 12.1. The second-order valence-electron chi connectivity index (χ2n) is 6.23. The Morgan fingerprint density at radius 3 is 2.25 bits per heavy atom. The number of para-hydroxylation sites is 1. The van der Waals surface area contributed by atoms with Crippen LogP contribution in [-0.4, -0.2) is 44.2 Å². The summed E-state index contributed by atoms with van der Waals surface area (Å²) >= 11 is 0. The first kappa shape index (κ1) is 16.3. The van der Waals surface area contributed by atoms with Gasteiger partial charge in [-0.2, -0.15) is 0 Å². The van der Waals surface area contributed by atoms with Crippen LogP contribution in [0.3, 0.4) is 0 Å². The Balaban J connectivity index is 1.58. The Kier molecular flexibility index (Phi) is 5.01. The quantitative estimate of drug-likeness (QED) is 0.910. The van der Waals surface area contributed by atoms with E-state index in [-0.39, 0.29) is 6.03 Å². The molecule has 0 bridgehead atoms. The highest BCUT2D eigenvalue weighted by Crippen LogP contribution is 2.20. The molecule has 0 aromatic heterocycles. The third kappa shape index (κ3) is 4.06. The third-order valence-corrected chi connectivity index (χ3v) is 4.39. The molecule has 3 rings (SSSR count). The molecule has 5 heteroatoms. The third-order valence-electron chi connectivity index (χ3n) is 4.39. The van der Waals surface area contributed by atoms with E-state index in [0.717, 1.165) is 43.1 Å². The number of urea groups is 1. The molecule has 1 aliphatic rings. The molecular weight excluding hydrogens is 300 g/mol. The van der Waals surface area contributed by atoms with Crippen molar-refractivity contribution in [1.29, 1.82) is 0 Å². The molecular formula is C19H24N4O. The van der Waals surface area contributed by atoms with Gasteiger partial charge < -0.3 is 20.4 Å². The van der Waals surface area contributed by atoms with Crippen molar-refractivity contribution in [2.24, 2.45) is 0 Å². The Bertz CT molecular complexity index is 691. The van der Waals surface area contributed by atoms with Crippen molar-refractivity contribution in [1.82, 2.24) is 4.90 Å². The summed E-state index contributed by atoms with van der Waals surface area (Å²) in [4.78, 5) is 16.8. The number of anilines is 3. The number of nitrogens with one attached hydrogen (secondary N) is 2. The molecule has 1 fully saturated rings. The number of benzene rings is 2. The second-order valence-corrected chi connectivity index (χ2v) is 6.23. The van der Waals surface area contributed by atoms with Crippen molar-refractivity contribution < 1.29 is 4.79 Å². The van der Waals surface area contributed by atoms with E-state index in [1.807, 2.05) is 43.3 Å². The van der Waals surface area contributed by atoms with E-state index in [2.05, 4.69) is 39.6 Å². The van der Waals surface area contributed by atoms with Crippen LogP contribution in [0.25, 0.3) is 0 Å². The Labute approximate surface area is 143 Å². The number of aryl methyl sites for hydroxylation is 1. The van der Waals surface area contributed by atoms with Gasteiger partial charge in [-0.15, -0.1) is 0 Å². The van der Waals surface area contributed by atoms with E-state index in [9.17, 15) is 4.79 Å². The minimum absolute atomic E-state index is 0.225. The summed E-state index contributed by atoms with van der Waals surface area (Å²) in [5.74, 6) is 0. The summed E-state index contributed by atoms with van der Waals surface area (Å²) in [6, 6.07) is 15.5. The van der Waals surface area contributed by atoms with Crippen LogP contribution in [-0.2, 0) is 0 Å². The Hall–Kier alpha value is -2.53. The molecule has 0 aliphatic carbocycles. The number of amides is 2. The van der Waals surface area contributed by atoms with Gasteiger partial charge in [0.05, 0.1) is 0 Å². The van der Waals surface area contributed by atoms with Gasteiger partial charge in [-0.25, -0.2) is 4.79 Å². The fourth-order valence-electron chi connectivity index (χ4n) is 2.82. The average molecular weight is 324 g/mol. The smallest absolute Gasteiger partial charge is 0.323 e. The molecule has 1 saturated heterocycles. The number of nitrogens with zero attached hydrogens (tertiary/aromatic N) is 2. The van der Waals surface area contributed by atoms with Crippen LogP contribution in [0.1, 0.15) is 5.56 Å². The highest BCUT2D eigenvalue weighted by Gasteiger charge is 2.14. The second kappa shape index (κ2) is 7.36. The van der Waals surface area contributed by atoms with E-state index >= 15 is 0 Å². The van der Waals surface area contributed by atoms with Gasteiger partial charge in [0, 0.05) is 43.2 Å². The van der Waals surface area contributed by atoms with Crippen molar-refractivity contribution >= 4 is 23.1 Å². The van der Waals surface area contributed by atoms with Crippen LogP contribution >= 0.6 is 0 Å². The number of hydrogen-bond acceptors (Lipinski definition) is 3. The monoisotopic (exact) mass is 324 g/mol. The molecule has 2 amide bonds. The lowest BCUT2D eigenvalue weighted by molar-refractivity contribution is 0.262. The zero-order valence-electron chi connectivity index (χ0n) is 14.2. The van der Waals surface area contributed by atoms with Gasteiger partial charge in [0.2, 0.25) is 0 Å². The summed E-state index contributed by atoms with van der Waals surface area (Å²) in [5.41, 5.74) is 3.86. The van der Waals surface area contributed by atoms with Crippen LogP contribution in [0.2, 0.25) is 0 Å². The highest BCUT2D eigenvalue weighted by atomic mass is 16.2. The zero-order chi connectivity index (χ0) is 16.9. The average Bonchev–Trinajstić information content (AvgIpc) is 2.58. The molecule has 5 nitrogen and oxygen atoms in total. The van der Waals surface area contributed by atoms with E-state index in [4.69, 9.17) is 0 Å². The Morgan fingerprint density at radius 1 is 0.917 bits per heavy atom. The van der Waals surface area contributed by atoms with Crippen LogP contribution in [0.5, 0.6) is 0 Å². The van der Waals surface area contributed by atoms with E-state index in [1.54, 1.807) is 0 Å². The standard InChI is InChI=1S/C19H24N4O/c1-15-5-3-4-6-18(15)21-19(24)20-16-7-9-17(10-8-16)23-13-11-22(2)12-14-23/h3-10H,11-14H2,1-2H3,(H2,20,21,24). The lowest BCUT2D eigenvalue weighted by Crippen LogP contribution is -2.44. The normalized spacial score (nSPS) is 15.2. The predicted octanol–water partition coefficient (Wildman–Crippen LogP) is 3.39. The van der Waals surface area contributed by atoms with Gasteiger partial charge in [0.15, 0.2) is 0 Å². The summed E-state index contributed by atoms with van der Waals surface area (Å²) in [6.07, 6.45) is 0. The zero-order valence-corrected chi connectivity index (χ0v) is 14.2. The molecule has 0 unspecified atom stereocenters. The number of carbonyl (C=O) groups is 1. The van der Waals surface area contributed by atoms with Crippen molar-refractivity contribution in [3.63, 3.8) is 0 Å². The number of piperazine rings is 1. The molecule has 0 saturated carbocycles. The summed E-state index contributed by atoms with van der Waals surface area (Å²) in [5, 5.41) is 5.75. The molecule has 126 valence electrons. The van der Waals surface area contributed by atoms with Crippen LogP contribution in [0.4, 0.5) is 21.9 Å². The minimum atomic E-state index is -0.225. The SMILES string of the molecule is Cc1ccccc1NC(=O)Nc1ccc(N2CCN(C)CC2)cc1. The number of likely N-dealkylation sites (N-methyl/N-ethyl adjacent to an activating group) is 1. The molecule has 0 spiro atoms. The molecule has 2 aromatic carbocycles. The van der Waals surface area contributed by atoms with Gasteiger partial charge in [-0.05, 0) is 49.9 Å². The fraction of sp³-hybridized carbons (Fsp3) is 0.316. The minimum Gasteiger partial charge on any atom is -0.369 e. The molecule has 2 N–H and O–H groups in total. The van der Waals surface area contributed by atoms with Gasteiger partial charge in [-0.1, -0.05) is 18.2 Å². The number of rotatable bonds is 3. The first-order valence-electron chi connectivity index (χ1n) is 8.29. The predicted molar refractivity (Wildman–Crippen MR) is 100.0 cm³/mol. The maximum Gasteiger partial charge on any atom is 0.323 e. The van der Waals surface area contributed by atoms with Crippen molar-refractivity contribution in [2.45, 2.75) is 6.92 Å². The van der Waals surface area contributed by atoms with Crippen LogP contribution in [0.15, 0.2) is 48.5 Å². The van der Waals surface area contributed by atoms with E-state index in [0.29, 0.717) is 0 Å². The molecule has 2 aromatic rings. The Morgan fingerprint density at radius 2 is 1.58 bits per heavy atom. The highest BCUT2D eigenvalue weighted by molar-refractivity contribution is 6.00. The van der Waals surface area contributed by atoms with Crippen LogP contribution < -0.4 is 15.5 Å². The summed E-state index contributed by atoms with van der Waals surface area (Å²) in [7, 11) is 2.15. The van der Waals surface area contributed by atoms with Gasteiger partial charge >= 0.3 is 6.03 Å². The van der Waals surface area contributed by atoms with Gasteiger partial charge in [0.25, 0.3) is 0 Å². The lowest BCUT2D eigenvalue weighted by Gasteiger charge is -2.34. The fourth-order valence-corrected chi connectivity index (χ4v) is 2.82. The lowest BCUT2D eigenvalue weighted by atomic mass is 10.2. The van der Waals surface area contributed by atoms with Gasteiger partial charge in [-0.3, -0.25) is 0 Å². The number of carbonyl (C=O) groups excluding carboxylic acids is 1. The first-order chi connectivity index (χ1) is 11.6. The summed E-state index contributed by atoms with van der Waals surface area (Å²) in [6.45, 7) is 6.21. The summed E-state index contributed by atoms with van der Waals surface area (Å²) < 4.78 is 0. The first-order valence-corrected chi connectivity index (χ1v) is 8.29. The van der Waals surface area contributed by atoms with Crippen LogP contribution in [0, 0.1) is 6.92 Å². The van der Waals surface area contributed by atoms with Gasteiger partial charge in [0.1, 0.15) is 0 Å². The number of hydrogen-bond donors (Lipinski definition) is 2. The molecule has 24 heavy (non-hydrogen) atoms. The van der Waals surface area contributed by atoms with Crippen molar-refractivity contribution in [3.8, 4) is 0 Å². The van der Waals surface area contributed by atoms with Crippen molar-refractivity contribution in [2.75, 3.05) is 48.8 Å². The molecule has 0 atom stereocenters. The largest absolute Gasteiger partial charge is 0.369 e. The molecule has 1 aliphatic heterocycles. The molecule has 0 radical (unpaired) electrons.